The van der Waals surface area contributed by atoms with Gasteiger partial charge in [-0.15, -0.1) is 0 Å². The fraction of sp³-hybridized carbons (Fsp3) is 0.450. The van der Waals surface area contributed by atoms with E-state index < -0.39 is 0 Å². The number of hydrogen-bond acceptors (Lipinski definition) is 4. The lowest BCUT2D eigenvalue weighted by Crippen LogP contribution is -2.24. The van der Waals surface area contributed by atoms with Crippen molar-refractivity contribution in [3.05, 3.63) is 36.8 Å². The van der Waals surface area contributed by atoms with Crippen LogP contribution in [0.15, 0.2) is 36.8 Å². The van der Waals surface area contributed by atoms with Crippen molar-refractivity contribution in [2.45, 2.75) is 51.5 Å². The lowest BCUT2D eigenvalue weighted by Gasteiger charge is -2.26. The minimum atomic E-state index is 0.480. The van der Waals surface area contributed by atoms with Gasteiger partial charge in [0, 0.05) is 24.0 Å². The standard InChI is InChI=1S/C20H25N5/c1-14-6-3-2-4-7-15(12-14)24-19-16(8-5-10-21-19)18-13-23-20-17(25-18)9-11-22-20/h5,8-11,13-15H,2-4,6-7,12H2,1H3,(H,21,24)(H,22,23). The molecule has 2 unspecified atom stereocenters. The Morgan fingerprint density at radius 3 is 3.00 bits per heavy atom. The van der Waals surface area contributed by atoms with Gasteiger partial charge in [0.05, 0.1) is 11.9 Å². The Morgan fingerprint density at radius 2 is 2.04 bits per heavy atom. The van der Waals surface area contributed by atoms with E-state index in [0.717, 1.165) is 34.2 Å². The Hall–Kier alpha value is -2.43. The van der Waals surface area contributed by atoms with Crippen molar-refractivity contribution >= 4 is 17.0 Å². The molecular weight excluding hydrogens is 310 g/mol. The van der Waals surface area contributed by atoms with Gasteiger partial charge >= 0.3 is 0 Å². The Kier molecular flexibility index (Phi) is 4.63. The van der Waals surface area contributed by atoms with E-state index in [9.17, 15) is 0 Å². The molecule has 1 aliphatic carbocycles. The fourth-order valence-corrected chi connectivity index (χ4v) is 3.79. The molecule has 1 fully saturated rings. The van der Waals surface area contributed by atoms with Crippen LogP contribution in [0, 0.1) is 5.92 Å². The van der Waals surface area contributed by atoms with Gasteiger partial charge in [-0.25, -0.2) is 15.0 Å². The number of nitrogens with zero attached hydrogens (tertiary/aromatic N) is 3. The molecule has 4 rings (SSSR count). The summed E-state index contributed by atoms with van der Waals surface area (Å²) in [6.45, 7) is 2.37. The number of fused-ring (bicyclic) bond motifs is 1. The summed E-state index contributed by atoms with van der Waals surface area (Å²) in [5, 5.41) is 3.70. The van der Waals surface area contributed by atoms with Crippen LogP contribution in [0.2, 0.25) is 0 Å². The molecule has 3 aromatic heterocycles. The van der Waals surface area contributed by atoms with Gasteiger partial charge in [-0.2, -0.15) is 0 Å². The Bertz CT molecular complexity index is 841. The molecule has 2 N–H and O–H groups in total. The molecule has 130 valence electrons. The van der Waals surface area contributed by atoms with E-state index in [1.54, 1.807) is 0 Å². The predicted molar refractivity (Wildman–Crippen MR) is 101 cm³/mol. The number of pyridine rings is 1. The molecular formula is C20H25N5. The molecule has 0 radical (unpaired) electrons. The molecule has 5 heteroatoms. The molecule has 2 atom stereocenters. The molecule has 25 heavy (non-hydrogen) atoms. The molecule has 3 heterocycles. The molecule has 1 aliphatic rings. The average Bonchev–Trinajstić information content (AvgIpc) is 3.07. The first-order valence-corrected chi connectivity index (χ1v) is 9.31. The van der Waals surface area contributed by atoms with Crippen LogP contribution >= 0.6 is 0 Å². The van der Waals surface area contributed by atoms with Gasteiger partial charge in [0.1, 0.15) is 11.3 Å². The number of nitrogens with one attached hydrogen (secondary N) is 2. The monoisotopic (exact) mass is 335 g/mol. The summed E-state index contributed by atoms with van der Waals surface area (Å²) in [7, 11) is 0. The highest BCUT2D eigenvalue weighted by molar-refractivity contribution is 5.78. The second-order valence-corrected chi connectivity index (χ2v) is 7.19. The largest absolute Gasteiger partial charge is 0.367 e. The summed E-state index contributed by atoms with van der Waals surface area (Å²) in [5.74, 6) is 1.69. The van der Waals surface area contributed by atoms with Crippen molar-refractivity contribution in [1.82, 2.24) is 19.9 Å². The lowest BCUT2D eigenvalue weighted by molar-refractivity contribution is 0.381. The summed E-state index contributed by atoms with van der Waals surface area (Å²) >= 11 is 0. The average molecular weight is 335 g/mol. The predicted octanol–water partition coefficient (Wildman–Crippen LogP) is 4.79. The smallest absolute Gasteiger partial charge is 0.156 e. The van der Waals surface area contributed by atoms with E-state index in [-0.39, 0.29) is 0 Å². The van der Waals surface area contributed by atoms with Crippen molar-refractivity contribution in [2.75, 3.05) is 5.32 Å². The third-order valence-electron chi connectivity index (χ3n) is 5.12. The molecule has 0 spiro atoms. The van der Waals surface area contributed by atoms with Crippen molar-refractivity contribution in [2.24, 2.45) is 5.92 Å². The number of aromatic amines is 1. The summed E-state index contributed by atoms with van der Waals surface area (Å²) in [5.41, 5.74) is 3.58. The normalized spacial score (nSPS) is 21.6. The zero-order valence-corrected chi connectivity index (χ0v) is 14.7. The Labute approximate surface area is 148 Å². The molecule has 0 saturated heterocycles. The molecule has 0 aromatic carbocycles. The molecule has 5 nitrogen and oxygen atoms in total. The molecule has 0 bridgehead atoms. The molecule has 3 aromatic rings. The highest BCUT2D eigenvalue weighted by Crippen LogP contribution is 2.29. The van der Waals surface area contributed by atoms with Gasteiger partial charge in [-0.1, -0.05) is 32.6 Å². The summed E-state index contributed by atoms with van der Waals surface area (Å²) in [6, 6.07) is 6.47. The minimum Gasteiger partial charge on any atom is -0.367 e. The topological polar surface area (TPSA) is 66.5 Å². The van der Waals surface area contributed by atoms with Gasteiger partial charge in [-0.05, 0) is 37.0 Å². The van der Waals surface area contributed by atoms with Gasteiger partial charge in [0.25, 0.3) is 0 Å². The highest BCUT2D eigenvalue weighted by Gasteiger charge is 2.18. The number of anilines is 1. The van der Waals surface area contributed by atoms with Crippen LogP contribution < -0.4 is 5.32 Å². The quantitative estimate of drug-likeness (QED) is 0.722. The van der Waals surface area contributed by atoms with Crippen LogP contribution in [0.5, 0.6) is 0 Å². The van der Waals surface area contributed by atoms with Crippen LogP contribution in [0.25, 0.3) is 22.4 Å². The van der Waals surface area contributed by atoms with Gasteiger partial charge < -0.3 is 10.3 Å². The summed E-state index contributed by atoms with van der Waals surface area (Å²) in [6.07, 6.45) is 13.3. The first-order chi connectivity index (χ1) is 12.3. The van der Waals surface area contributed by atoms with Crippen LogP contribution in [0.3, 0.4) is 0 Å². The number of H-pyrrole nitrogens is 1. The third-order valence-corrected chi connectivity index (χ3v) is 5.12. The van der Waals surface area contributed by atoms with Crippen LogP contribution in [-0.4, -0.2) is 26.0 Å². The van der Waals surface area contributed by atoms with E-state index in [2.05, 4.69) is 33.3 Å². The van der Waals surface area contributed by atoms with Crippen molar-refractivity contribution < 1.29 is 0 Å². The maximum Gasteiger partial charge on any atom is 0.156 e. The van der Waals surface area contributed by atoms with E-state index in [0.29, 0.717) is 6.04 Å². The lowest BCUT2D eigenvalue weighted by atomic mass is 9.89. The zero-order valence-electron chi connectivity index (χ0n) is 14.7. The van der Waals surface area contributed by atoms with Gasteiger partial charge in [-0.3, -0.25) is 0 Å². The van der Waals surface area contributed by atoms with E-state index >= 15 is 0 Å². The highest BCUT2D eigenvalue weighted by atomic mass is 15.0. The van der Waals surface area contributed by atoms with Crippen molar-refractivity contribution in [1.29, 1.82) is 0 Å². The third kappa shape index (κ3) is 3.65. The van der Waals surface area contributed by atoms with E-state index in [1.807, 2.05) is 30.7 Å². The SMILES string of the molecule is CC1CCCCCC(Nc2ncccc2-c2cnc3[nH]ccc3n2)C1. The van der Waals surface area contributed by atoms with Crippen molar-refractivity contribution in [3.63, 3.8) is 0 Å². The second kappa shape index (κ2) is 7.21. The summed E-state index contributed by atoms with van der Waals surface area (Å²) < 4.78 is 0. The zero-order chi connectivity index (χ0) is 17.1. The molecule has 1 saturated carbocycles. The molecule has 0 amide bonds. The van der Waals surface area contributed by atoms with Crippen LogP contribution in [0.1, 0.15) is 45.4 Å². The van der Waals surface area contributed by atoms with Crippen LogP contribution in [-0.2, 0) is 0 Å². The first-order valence-electron chi connectivity index (χ1n) is 9.31. The van der Waals surface area contributed by atoms with Crippen LogP contribution in [0.4, 0.5) is 5.82 Å². The van der Waals surface area contributed by atoms with Gasteiger partial charge in [0.2, 0.25) is 0 Å². The maximum absolute atomic E-state index is 4.73. The second-order valence-electron chi connectivity index (χ2n) is 7.19. The Morgan fingerprint density at radius 1 is 1.12 bits per heavy atom. The number of rotatable bonds is 3. The van der Waals surface area contributed by atoms with Gasteiger partial charge in [0.15, 0.2) is 5.65 Å². The summed E-state index contributed by atoms with van der Waals surface area (Å²) in [4.78, 5) is 16.9. The first kappa shape index (κ1) is 16.1. The van der Waals surface area contributed by atoms with Crippen molar-refractivity contribution in [3.8, 4) is 11.3 Å². The molecule has 0 aliphatic heterocycles. The van der Waals surface area contributed by atoms with E-state index in [4.69, 9.17) is 4.98 Å². The minimum absolute atomic E-state index is 0.480. The van der Waals surface area contributed by atoms with E-state index in [1.165, 1.54) is 38.5 Å². The fourth-order valence-electron chi connectivity index (χ4n) is 3.79. The maximum atomic E-state index is 4.73. The number of aromatic nitrogens is 4. The number of hydrogen-bond donors (Lipinski definition) is 2. The Balaban J connectivity index is 1.61.